The van der Waals surface area contributed by atoms with Crippen molar-refractivity contribution >= 4 is 0 Å². The molecule has 0 aliphatic rings. The van der Waals surface area contributed by atoms with Crippen LogP contribution in [0.2, 0.25) is 0 Å². The summed E-state index contributed by atoms with van der Waals surface area (Å²) in [5, 5.41) is 0. The Balaban J connectivity index is 3.59. The molecule has 0 radical (unpaired) electrons. The van der Waals surface area contributed by atoms with E-state index in [0.717, 1.165) is 0 Å². The van der Waals surface area contributed by atoms with Crippen molar-refractivity contribution in [2.24, 2.45) is 0 Å². The van der Waals surface area contributed by atoms with Crippen LogP contribution in [0.3, 0.4) is 0 Å². The standard InChI is InChI=1S/C10H6O5/c1-11-3-5-13-7-9-15-10-8-14-6-4-12-2/h1-2H3. The molecule has 0 unspecified atom stereocenters. The fraction of sp³-hybridized carbons (Fsp3) is 0.200. The first kappa shape index (κ1) is 12.2. The number of hydrogen-bond acceptors (Lipinski definition) is 5. The summed E-state index contributed by atoms with van der Waals surface area (Å²) in [5.41, 5.74) is 0. The van der Waals surface area contributed by atoms with Crippen LogP contribution in [0.1, 0.15) is 0 Å². The van der Waals surface area contributed by atoms with Crippen molar-refractivity contribution in [2.75, 3.05) is 14.2 Å². The van der Waals surface area contributed by atoms with E-state index in [-0.39, 0.29) is 0 Å². The summed E-state index contributed by atoms with van der Waals surface area (Å²) in [6.45, 7) is 0. The Hall–Kier alpha value is -2.76. The Morgan fingerprint density at radius 3 is 1.00 bits per heavy atom. The van der Waals surface area contributed by atoms with Crippen LogP contribution in [-0.4, -0.2) is 14.2 Å². The van der Waals surface area contributed by atoms with E-state index in [1.807, 2.05) is 0 Å². The van der Waals surface area contributed by atoms with Crippen molar-refractivity contribution in [3.63, 3.8) is 0 Å². The van der Waals surface area contributed by atoms with E-state index < -0.39 is 0 Å². The van der Waals surface area contributed by atoms with Crippen molar-refractivity contribution < 1.29 is 23.7 Å². The van der Waals surface area contributed by atoms with Gasteiger partial charge < -0.3 is 23.7 Å². The van der Waals surface area contributed by atoms with Crippen molar-refractivity contribution in [1.82, 2.24) is 0 Å². The third kappa shape index (κ3) is 11.2. The van der Waals surface area contributed by atoms with Gasteiger partial charge in [0.25, 0.3) is 0 Å². The zero-order valence-electron chi connectivity index (χ0n) is 8.04. The van der Waals surface area contributed by atoms with Gasteiger partial charge in [-0.05, 0) is 0 Å². The molecule has 0 aliphatic carbocycles. The first-order valence-electron chi connectivity index (χ1n) is 3.45. The van der Waals surface area contributed by atoms with Gasteiger partial charge in [0.05, 0.1) is 14.2 Å². The molecule has 0 fully saturated rings. The number of hydrogen-bond donors (Lipinski definition) is 0. The van der Waals surface area contributed by atoms with Gasteiger partial charge in [-0.1, -0.05) is 0 Å². The first-order chi connectivity index (χ1) is 7.41. The smallest absolute Gasteiger partial charge is 0.175 e. The molecule has 0 atom stereocenters. The van der Waals surface area contributed by atoms with Gasteiger partial charge >= 0.3 is 0 Å². The molecule has 5 nitrogen and oxygen atoms in total. The summed E-state index contributed by atoms with van der Waals surface area (Å²) in [5.74, 6) is 0. The maximum atomic E-state index is 4.40. The van der Waals surface area contributed by atoms with Crippen LogP contribution >= 0.6 is 0 Å². The normalized spacial score (nSPS) is 5.20. The van der Waals surface area contributed by atoms with Crippen LogP contribution in [0.4, 0.5) is 0 Å². The maximum Gasteiger partial charge on any atom is 0.175 e. The zero-order valence-corrected chi connectivity index (χ0v) is 8.04. The number of ether oxygens (including phenoxy) is 5. The SMILES string of the molecule is COC#COC#COC#COC#COC. The Morgan fingerprint density at radius 2 is 0.733 bits per heavy atom. The average molecular weight is 206 g/mol. The Kier molecular flexibility index (Phi) is 9.17. The lowest BCUT2D eigenvalue weighted by Crippen LogP contribution is -1.73. The molecular formula is C10H6O5. The van der Waals surface area contributed by atoms with E-state index in [1.165, 1.54) is 14.2 Å². The quantitative estimate of drug-likeness (QED) is 0.522. The second-order valence-electron chi connectivity index (χ2n) is 1.53. The highest BCUT2D eigenvalue weighted by Crippen LogP contribution is 1.68. The third-order valence-electron chi connectivity index (χ3n) is 0.677. The first-order valence-corrected chi connectivity index (χ1v) is 3.45. The summed E-state index contributed by atoms with van der Waals surface area (Å²) in [6, 6.07) is 0. The van der Waals surface area contributed by atoms with E-state index >= 15 is 0 Å². The van der Waals surface area contributed by atoms with E-state index in [2.05, 4.69) is 72.5 Å². The molecule has 0 spiro atoms. The van der Waals surface area contributed by atoms with Crippen molar-refractivity contribution in [3.05, 3.63) is 0 Å². The van der Waals surface area contributed by atoms with Gasteiger partial charge in [0, 0.05) is 0 Å². The lowest BCUT2D eigenvalue weighted by molar-refractivity contribution is 0.357. The molecule has 0 saturated heterocycles. The molecule has 0 bridgehead atoms. The lowest BCUT2D eigenvalue weighted by atomic mass is 11.1. The van der Waals surface area contributed by atoms with Crippen LogP contribution in [0.25, 0.3) is 0 Å². The van der Waals surface area contributed by atoms with Crippen LogP contribution in [-0.2, 0) is 23.7 Å². The Morgan fingerprint density at radius 1 is 0.467 bits per heavy atom. The van der Waals surface area contributed by atoms with Crippen LogP contribution in [0.5, 0.6) is 0 Å². The molecule has 0 rings (SSSR count). The lowest BCUT2D eigenvalue weighted by Gasteiger charge is -1.78. The van der Waals surface area contributed by atoms with E-state index in [1.54, 1.807) is 0 Å². The van der Waals surface area contributed by atoms with E-state index in [0.29, 0.717) is 0 Å². The minimum absolute atomic E-state index is 1.39. The topological polar surface area (TPSA) is 46.2 Å². The third-order valence-corrected chi connectivity index (χ3v) is 0.677. The minimum Gasteiger partial charge on any atom is -0.448 e. The van der Waals surface area contributed by atoms with Crippen LogP contribution < -0.4 is 0 Å². The van der Waals surface area contributed by atoms with Gasteiger partial charge in [0.2, 0.25) is 0 Å². The highest BCUT2D eigenvalue weighted by atomic mass is 16.5. The van der Waals surface area contributed by atoms with Gasteiger partial charge in [0.15, 0.2) is 48.9 Å². The van der Waals surface area contributed by atoms with Gasteiger partial charge in [-0.15, -0.1) is 0 Å². The predicted octanol–water partition coefficient (Wildman–Crippen LogP) is 0.00260. The van der Waals surface area contributed by atoms with Crippen molar-refractivity contribution in [2.45, 2.75) is 0 Å². The van der Waals surface area contributed by atoms with Gasteiger partial charge in [-0.3, -0.25) is 0 Å². The molecule has 0 aromatic heterocycles. The summed E-state index contributed by atoms with van der Waals surface area (Å²) < 4.78 is 21.9. The fourth-order valence-electron chi connectivity index (χ4n) is 0.285. The number of methoxy groups -OCH3 is 2. The zero-order chi connectivity index (χ0) is 11.2. The molecule has 0 aliphatic heterocycles. The van der Waals surface area contributed by atoms with Gasteiger partial charge in [0.1, 0.15) is 0 Å². The van der Waals surface area contributed by atoms with E-state index in [4.69, 9.17) is 0 Å². The Labute approximate surface area is 87.6 Å². The van der Waals surface area contributed by atoms with Crippen LogP contribution in [0, 0.1) is 48.9 Å². The van der Waals surface area contributed by atoms with Gasteiger partial charge in [-0.25, -0.2) is 0 Å². The summed E-state index contributed by atoms with van der Waals surface area (Å²) in [7, 11) is 2.79. The molecule has 0 saturated carbocycles. The highest BCUT2D eigenvalue weighted by Gasteiger charge is 1.69. The average Bonchev–Trinajstić information content (AvgIpc) is 2.26. The summed E-state index contributed by atoms with van der Waals surface area (Å²) >= 11 is 0. The molecule has 76 valence electrons. The maximum absolute atomic E-state index is 4.40. The van der Waals surface area contributed by atoms with Crippen LogP contribution in [0.15, 0.2) is 0 Å². The molecule has 5 heteroatoms. The summed E-state index contributed by atoms with van der Waals surface area (Å²) in [6.07, 6.45) is 16.8. The monoisotopic (exact) mass is 206 g/mol. The summed E-state index contributed by atoms with van der Waals surface area (Å²) in [4.78, 5) is 0. The fourth-order valence-corrected chi connectivity index (χ4v) is 0.285. The second kappa shape index (κ2) is 11.2. The second-order valence-corrected chi connectivity index (χ2v) is 1.53. The molecule has 0 aromatic carbocycles. The number of rotatable bonds is 0. The molecule has 0 heterocycles. The molecule has 0 N–H and O–H groups in total. The van der Waals surface area contributed by atoms with Crippen molar-refractivity contribution in [1.29, 1.82) is 0 Å². The molecule has 0 aromatic rings. The van der Waals surface area contributed by atoms with Gasteiger partial charge in [-0.2, -0.15) is 0 Å². The predicted molar refractivity (Wildman–Crippen MR) is 48.4 cm³/mol. The Bertz CT molecular complexity index is 356. The van der Waals surface area contributed by atoms with E-state index in [9.17, 15) is 0 Å². The highest BCUT2D eigenvalue weighted by molar-refractivity contribution is 4.96. The largest absolute Gasteiger partial charge is 0.448 e. The van der Waals surface area contributed by atoms with Crippen molar-refractivity contribution in [3.8, 4) is 48.9 Å². The molecular weight excluding hydrogens is 200 g/mol. The molecule has 15 heavy (non-hydrogen) atoms. The minimum atomic E-state index is 1.39. The molecule has 0 amide bonds.